The summed E-state index contributed by atoms with van der Waals surface area (Å²) in [6.07, 6.45) is 1.39. The molecular weight excluding hydrogens is 404 g/mol. The monoisotopic (exact) mass is 428 g/mol. The second kappa shape index (κ2) is 9.98. The van der Waals surface area contributed by atoms with Crippen molar-refractivity contribution in [2.24, 2.45) is 11.5 Å². The summed E-state index contributed by atoms with van der Waals surface area (Å²) in [6.45, 7) is 0.445. The molecule has 0 spiro atoms. The van der Waals surface area contributed by atoms with Gasteiger partial charge in [-0.1, -0.05) is 53.8 Å². The SMILES string of the molecule is NCCC[C@H](N)C(=O)N(c1nc2ccccc2s1)[C@@H](Cc1ccccc1)C(=O)S. The second-order valence-electron chi connectivity index (χ2n) is 6.75. The topological polar surface area (TPSA) is 102 Å². The highest BCUT2D eigenvalue weighted by Gasteiger charge is 2.34. The summed E-state index contributed by atoms with van der Waals surface area (Å²) < 4.78 is 0.931. The van der Waals surface area contributed by atoms with Gasteiger partial charge in [-0.05, 0) is 37.1 Å². The minimum atomic E-state index is -0.808. The van der Waals surface area contributed by atoms with Crippen molar-refractivity contribution >= 4 is 50.3 Å². The molecule has 0 saturated heterocycles. The molecule has 29 heavy (non-hydrogen) atoms. The Balaban J connectivity index is 2.01. The third-order valence-electron chi connectivity index (χ3n) is 4.63. The van der Waals surface area contributed by atoms with Gasteiger partial charge in [0, 0.05) is 6.42 Å². The van der Waals surface area contributed by atoms with E-state index in [9.17, 15) is 9.59 Å². The lowest BCUT2D eigenvalue weighted by Gasteiger charge is -2.30. The zero-order valence-electron chi connectivity index (χ0n) is 15.9. The van der Waals surface area contributed by atoms with E-state index in [1.165, 1.54) is 16.2 Å². The number of hydrogen-bond donors (Lipinski definition) is 3. The fourth-order valence-electron chi connectivity index (χ4n) is 3.11. The van der Waals surface area contributed by atoms with E-state index in [-0.39, 0.29) is 5.91 Å². The molecule has 6 nitrogen and oxygen atoms in total. The van der Waals surface area contributed by atoms with Crippen molar-refractivity contribution in [3.63, 3.8) is 0 Å². The lowest BCUT2D eigenvalue weighted by atomic mass is 10.0. The minimum absolute atomic E-state index is 0.328. The van der Waals surface area contributed by atoms with Crippen molar-refractivity contribution in [2.75, 3.05) is 11.4 Å². The first-order chi connectivity index (χ1) is 14.0. The maximum absolute atomic E-state index is 13.3. The number of thiol groups is 1. The Bertz CT molecular complexity index is 944. The molecule has 3 aromatic rings. The molecule has 0 bridgehead atoms. The summed E-state index contributed by atoms with van der Waals surface area (Å²) in [5, 5.41) is 0.0372. The van der Waals surface area contributed by atoms with Gasteiger partial charge in [0.25, 0.3) is 0 Å². The normalized spacial score (nSPS) is 13.2. The molecule has 0 aliphatic carbocycles. The third kappa shape index (κ3) is 5.22. The Kier molecular flexibility index (Phi) is 7.38. The number of amides is 1. The number of anilines is 1. The molecule has 3 rings (SSSR count). The third-order valence-corrected chi connectivity index (χ3v) is 5.96. The number of carbonyl (C=O) groups excluding carboxylic acids is 2. The molecular formula is C21H24N4O2S2. The average Bonchev–Trinajstić information content (AvgIpc) is 3.15. The van der Waals surface area contributed by atoms with Gasteiger partial charge in [-0.2, -0.15) is 0 Å². The molecule has 152 valence electrons. The largest absolute Gasteiger partial charge is 0.330 e. The van der Waals surface area contributed by atoms with Crippen LogP contribution in [0.1, 0.15) is 18.4 Å². The van der Waals surface area contributed by atoms with Crippen LogP contribution >= 0.6 is 24.0 Å². The first-order valence-corrected chi connectivity index (χ1v) is 10.7. The van der Waals surface area contributed by atoms with Crippen molar-refractivity contribution in [1.82, 2.24) is 4.98 Å². The molecule has 1 aromatic heterocycles. The molecule has 2 aromatic carbocycles. The molecule has 0 unspecified atom stereocenters. The fraction of sp³-hybridized carbons (Fsp3) is 0.286. The zero-order valence-corrected chi connectivity index (χ0v) is 17.6. The Morgan fingerprint density at radius 3 is 2.45 bits per heavy atom. The summed E-state index contributed by atoms with van der Waals surface area (Å²) in [5.41, 5.74) is 13.4. The standard InChI is InChI=1S/C21H24N4O2S2/c22-12-6-9-15(23)19(26)25(21-24-16-10-4-5-11-18(16)29-21)17(20(27)28)13-14-7-2-1-3-8-14/h1-5,7-8,10-11,15,17H,6,9,12-13,22-23H2,(H,27,28)/t15-,17-/m0/s1. The van der Waals surface area contributed by atoms with Gasteiger partial charge in [0.05, 0.1) is 16.3 Å². The number of carbonyl (C=O) groups is 2. The van der Waals surface area contributed by atoms with Gasteiger partial charge >= 0.3 is 0 Å². The number of aromatic nitrogens is 1. The van der Waals surface area contributed by atoms with Crippen LogP contribution in [0.3, 0.4) is 0 Å². The first-order valence-electron chi connectivity index (χ1n) is 9.42. The van der Waals surface area contributed by atoms with Gasteiger partial charge in [0.1, 0.15) is 6.04 Å². The first kappa shape index (κ1) is 21.4. The van der Waals surface area contributed by atoms with E-state index in [0.29, 0.717) is 30.9 Å². The predicted octanol–water partition coefficient (Wildman–Crippen LogP) is 2.76. The summed E-state index contributed by atoms with van der Waals surface area (Å²) in [5.74, 6) is -0.346. The van der Waals surface area contributed by atoms with Crippen molar-refractivity contribution < 1.29 is 9.59 Å². The van der Waals surface area contributed by atoms with E-state index in [0.717, 1.165) is 15.8 Å². The Morgan fingerprint density at radius 1 is 1.10 bits per heavy atom. The predicted molar refractivity (Wildman–Crippen MR) is 121 cm³/mol. The highest BCUT2D eigenvalue weighted by atomic mass is 32.1. The van der Waals surface area contributed by atoms with Crippen LogP contribution in [0, 0.1) is 0 Å². The zero-order chi connectivity index (χ0) is 20.8. The highest BCUT2D eigenvalue weighted by molar-refractivity contribution is 7.96. The molecule has 8 heteroatoms. The summed E-state index contributed by atoms with van der Waals surface area (Å²) in [6, 6.07) is 15.6. The maximum atomic E-state index is 13.3. The molecule has 0 aliphatic heterocycles. The molecule has 0 aliphatic rings. The lowest BCUT2D eigenvalue weighted by Crippen LogP contribution is -2.52. The van der Waals surface area contributed by atoms with Crippen LogP contribution in [-0.4, -0.2) is 34.6 Å². The van der Waals surface area contributed by atoms with Crippen molar-refractivity contribution in [1.29, 1.82) is 0 Å². The van der Waals surface area contributed by atoms with E-state index in [1.54, 1.807) is 0 Å². The number of rotatable bonds is 9. The van der Waals surface area contributed by atoms with Crippen LogP contribution in [0.2, 0.25) is 0 Å². The van der Waals surface area contributed by atoms with E-state index in [1.807, 2.05) is 54.6 Å². The van der Waals surface area contributed by atoms with Crippen LogP contribution < -0.4 is 16.4 Å². The van der Waals surface area contributed by atoms with E-state index >= 15 is 0 Å². The minimum Gasteiger partial charge on any atom is -0.330 e. The maximum Gasteiger partial charge on any atom is 0.246 e. The van der Waals surface area contributed by atoms with Crippen LogP contribution in [0.4, 0.5) is 5.13 Å². The number of benzene rings is 2. The molecule has 0 saturated carbocycles. The van der Waals surface area contributed by atoms with E-state index in [4.69, 9.17) is 11.5 Å². The summed E-state index contributed by atoms with van der Waals surface area (Å²) in [7, 11) is 0. The Labute approximate surface area is 179 Å². The van der Waals surface area contributed by atoms with Gasteiger partial charge in [0.2, 0.25) is 11.0 Å². The molecule has 2 atom stereocenters. The van der Waals surface area contributed by atoms with Crippen molar-refractivity contribution in [3.8, 4) is 0 Å². The number of nitrogens with two attached hydrogens (primary N) is 2. The smallest absolute Gasteiger partial charge is 0.246 e. The molecule has 1 amide bonds. The molecule has 0 radical (unpaired) electrons. The number of para-hydroxylation sites is 1. The lowest BCUT2D eigenvalue weighted by molar-refractivity contribution is -0.122. The number of thiazole rings is 1. The summed E-state index contributed by atoms with van der Waals surface area (Å²) >= 11 is 5.45. The van der Waals surface area contributed by atoms with Crippen LogP contribution in [-0.2, 0) is 16.0 Å². The summed E-state index contributed by atoms with van der Waals surface area (Å²) in [4.78, 5) is 31.8. The van der Waals surface area contributed by atoms with E-state index in [2.05, 4.69) is 17.6 Å². The second-order valence-corrected chi connectivity index (χ2v) is 8.20. The fourth-order valence-corrected chi connectivity index (χ4v) is 4.34. The van der Waals surface area contributed by atoms with Gasteiger partial charge < -0.3 is 11.5 Å². The van der Waals surface area contributed by atoms with Crippen LogP contribution in [0.5, 0.6) is 0 Å². The van der Waals surface area contributed by atoms with Crippen LogP contribution in [0.25, 0.3) is 10.2 Å². The van der Waals surface area contributed by atoms with Gasteiger partial charge in [-0.3, -0.25) is 14.5 Å². The molecule has 0 fully saturated rings. The van der Waals surface area contributed by atoms with Crippen LogP contribution in [0.15, 0.2) is 54.6 Å². The van der Waals surface area contributed by atoms with Crippen molar-refractivity contribution in [3.05, 3.63) is 60.2 Å². The Hall–Kier alpha value is -2.26. The van der Waals surface area contributed by atoms with Crippen molar-refractivity contribution in [2.45, 2.75) is 31.3 Å². The quantitative estimate of drug-likeness (QED) is 0.455. The Morgan fingerprint density at radius 2 is 1.79 bits per heavy atom. The number of hydrogen-bond acceptors (Lipinski definition) is 6. The number of fused-ring (bicyclic) bond motifs is 1. The van der Waals surface area contributed by atoms with Gasteiger partial charge in [-0.15, -0.1) is 12.6 Å². The molecule has 1 heterocycles. The van der Waals surface area contributed by atoms with Gasteiger partial charge in [-0.25, -0.2) is 4.98 Å². The molecule has 4 N–H and O–H groups in total. The highest BCUT2D eigenvalue weighted by Crippen LogP contribution is 2.31. The van der Waals surface area contributed by atoms with E-state index < -0.39 is 17.2 Å². The average molecular weight is 429 g/mol. The number of nitrogens with zero attached hydrogens (tertiary/aromatic N) is 2. The van der Waals surface area contributed by atoms with Gasteiger partial charge in [0.15, 0.2) is 5.13 Å².